The van der Waals surface area contributed by atoms with Gasteiger partial charge in [-0.25, -0.2) is 4.98 Å². The first-order valence-electron chi connectivity index (χ1n) is 18.3. The molecular formula is C49H32BN3. The summed E-state index contributed by atoms with van der Waals surface area (Å²) >= 11 is 0. The lowest BCUT2D eigenvalue weighted by molar-refractivity contribution is 1.18. The van der Waals surface area contributed by atoms with Crippen LogP contribution in [0.25, 0.3) is 77.9 Å². The van der Waals surface area contributed by atoms with Gasteiger partial charge in [0, 0.05) is 33.8 Å². The largest absolute Gasteiger partial charge is 0.309 e. The molecule has 1 aliphatic rings. The predicted molar refractivity (Wildman–Crippen MR) is 222 cm³/mol. The van der Waals surface area contributed by atoms with Gasteiger partial charge in [0.05, 0.1) is 22.4 Å². The molecule has 10 aromatic rings. The summed E-state index contributed by atoms with van der Waals surface area (Å²) in [6.45, 7) is 0.160. The lowest BCUT2D eigenvalue weighted by atomic mass is 9.39. The monoisotopic (exact) mass is 673 g/mol. The van der Waals surface area contributed by atoms with Gasteiger partial charge >= 0.3 is 0 Å². The first kappa shape index (κ1) is 29.8. The molecule has 0 atom stereocenters. The number of imidazole rings is 1. The predicted octanol–water partition coefficient (Wildman–Crippen LogP) is 9.93. The molecule has 0 fully saturated rings. The highest BCUT2D eigenvalue weighted by atomic mass is 15.0. The number of aromatic nitrogens is 3. The van der Waals surface area contributed by atoms with Gasteiger partial charge in [0.15, 0.2) is 0 Å². The third kappa shape index (κ3) is 4.66. The summed E-state index contributed by atoms with van der Waals surface area (Å²) in [7, 11) is 0. The number of benzene rings is 7. The standard InChI is InChI=1S/C49H32BN3/c1-4-14-35(15-5-1)49-48(51-47-22-12-13-29-52(47)49)34-25-23-33(24-26-34)36-27-28-43-40(30-36)41-32-46-42(31-44(41)50(43)37-16-6-2-7-17-37)39-20-10-11-21-45(39)53(46)38-18-8-3-9-19-38/h1-32H. The number of hydrogen-bond donors (Lipinski definition) is 0. The lowest BCUT2D eigenvalue weighted by Crippen LogP contribution is -2.48. The van der Waals surface area contributed by atoms with Crippen LogP contribution < -0.4 is 16.4 Å². The van der Waals surface area contributed by atoms with Gasteiger partial charge in [-0.2, -0.15) is 0 Å². The maximum Gasteiger partial charge on any atom is 0.242 e. The molecule has 4 heterocycles. The zero-order valence-electron chi connectivity index (χ0n) is 28.9. The molecule has 0 unspecified atom stereocenters. The first-order valence-corrected chi connectivity index (χ1v) is 18.3. The highest BCUT2D eigenvalue weighted by Crippen LogP contribution is 2.38. The molecule has 1 aliphatic heterocycles. The van der Waals surface area contributed by atoms with Crippen LogP contribution in [-0.4, -0.2) is 20.7 Å². The van der Waals surface area contributed by atoms with Gasteiger partial charge in [-0.3, -0.25) is 4.40 Å². The van der Waals surface area contributed by atoms with Crippen LogP contribution in [0.3, 0.4) is 0 Å². The first-order chi connectivity index (χ1) is 26.3. The number of nitrogens with zero attached hydrogens (tertiary/aromatic N) is 3. The van der Waals surface area contributed by atoms with Gasteiger partial charge in [0.1, 0.15) is 5.65 Å². The van der Waals surface area contributed by atoms with Crippen molar-refractivity contribution in [2.75, 3.05) is 0 Å². The van der Waals surface area contributed by atoms with Crippen LogP contribution >= 0.6 is 0 Å². The van der Waals surface area contributed by atoms with Crippen molar-refractivity contribution >= 4 is 50.6 Å². The fourth-order valence-electron chi connectivity index (χ4n) is 8.64. The van der Waals surface area contributed by atoms with Gasteiger partial charge in [-0.1, -0.05) is 162 Å². The summed E-state index contributed by atoms with van der Waals surface area (Å²) in [6, 6.07) is 68.2. The van der Waals surface area contributed by atoms with Crippen LogP contribution in [0.1, 0.15) is 0 Å². The maximum absolute atomic E-state index is 5.10. The number of hydrogen-bond acceptors (Lipinski definition) is 1. The van der Waals surface area contributed by atoms with E-state index in [4.69, 9.17) is 4.98 Å². The Hall–Kier alpha value is -6.91. The fourth-order valence-corrected chi connectivity index (χ4v) is 8.64. The van der Waals surface area contributed by atoms with E-state index in [1.807, 2.05) is 6.07 Å². The summed E-state index contributed by atoms with van der Waals surface area (Å²) < 4.78 is 4.61. The zero-order valence-corrected chi connectivity index (χ0v) is 28.9. The van der Waals surface area contributed by atoms with Gasteiger partial charge in [-0.05, 0) is 64.7 Å². The van der Waals surface area contributed by atoms with Crippen molar-refractivity contribution in [3.05, 3.63) is 194 Å². The molecule has 3 aromatic heterocycles. The summed E-state index contributed by atoms with van der Waals surface area (Å²) in [5.41, 5.74) is 17.9. The van der Waals surface area contributed by atoms with Crippen molar-refractivity contribution in [1.82, 2.24) is 14.0 Å². The minimum absolute atomic E-state index is 0.160. The van der Waals surface area contributed by atoms with Gasteiger partial charge < -0.3 is 4.57 Å². The normalized spacial score (nSPS) is 12.1. The van der Waals surface area contributed by atoms with Crippen molar-refractivity contribution in [2.45, 2.75) is 0 Å². The summed E-state index contributed by atoms with van der Waals surface area (Å²) in [6.07, 6.45) is 2.10. The van der Waals surface area contributed by atoms with E-state index in [2.05, 4.69) is 197 Å². The maximum atomic E-state index is 5.10. The minimum Gasteiger partial charge on any atom is -0.309 e. The Labute approximate surface area is 308 Å². The number of para-hydroxylation sites is 2. The molecule has 0 saturated carbocycles. The molecule has 0 spiro atoms. The Morgan fingerprint density at radius 1 is 0.434 bits per heavy atom. The minimum atomic E-state index is 0.160. The second-order valence-electron chi connectivity index (χ2n) is 14.0. The Kier molecular flexibility index (Phi) is 6.65. The quantitative estimate of drug-likeness (QED) is 0.167. The molecule has 0 aliphatic carbocycles. The molecule has 7 aromatic carbocycles. The van der Waals surface area contributed by atoms with Crippen molar-refractivity contribution in [2.24, 2.45) is 0 Å². The van der Waals surface area contributed by atoms with Crippen molar-refractivity contribution < 1.29 is 0 Å². The van der Waals surface area contributed by atoms with E-state index in [0.29, 0.717) is 0 Å². The third-order valence-corrected chi connectivity index (χ3v) is 11.0. The van der Waals surface area contributed by atoms with E-state index in [1.54, 1.807) is 0 Å². The molecule has 0 bridgehead atoms. The lowest BCUT2D eigenvalue weighted by Gasteiger charge is -2.12. The molecule has 53 heavy (non-hydrogen) atoms. The number of rotatable bonds is 5. The van der Waals surface area contributed by atoms with E-state index in [1.165, 1.54) is 66.1 Å². The Morgan fingerprint density at radius 2 is 1.09 bits per heavy atom. The molecule has 0 amide bonds. The highest BCUT2D eigenvalue weighted by Gasteiger charge is 2.34. The Bertz CT molecular complexity index is 2980. The van der Waals surface area contributed by atoms with Gasteiger partial charge in [0.25, 0.3) is 0 Å². The number of fused-ring (bicyclic) bond motifs is 7. The van der Waals surface area contributed by atoms with Gasteiger partial charge in [0.2, 0.25) is 6.71 Å². The molecule has 11 rings (SSSR count). The van der Waals surface area contributed by atoms with E-state index in [-0.39, 0.29) is 6.71 Å². The Morgan fingerprint density at radius 3 is 1.91 bits per heavy atom. The summed E-state index contributed by atoms with van der Waals surface area (Å²) in [4.78, 5) is 5.10. The molecule has 246 valence electrons. The van der Waals surface area contributed by atoms with Crippen LogP contribution in [0.15, 0.2) is 194 Å². The molecule has 0 N–H and O–H groups in total. The van der Waals surface area contributed by atoms with Gasteiger partial charge in [-0.15, -0.1) is 0 Å². The average Bonchev–Trinajstić information content (AvgIpc) is 3.88. The van der Waals surface area contributed by atoms with Crippen LogP contribution in [0, 0.1) is 0 Å². The van der Waals surface area contributed by atoms with E-state index in [0.717, 1.165) is 28.2 Å². The third-order valence-electron chi connectivity index (χ3n) is 11.0. The molecule has 0 radical (unpaired) electrons. The van der Waals surface area contributed by atoms with E-state index < -0.39 is 0 Å². The zero-order chi connectivity index (χ0) is 34.9. The van der Waals surface area contributed by atoms with Crippen LogP contribution in [0.4, 0.5) is 0 Å². The SMILES string of the molecule is c1ccc(B2c3ccc(-c4ccc(-c5nc6ccccn6c5-c5ccccc5)cc4)cc3-c3cc4c(cc32)c2ccccc2n4-c2ccccc2)cc1. The van der Waals surface area contributed by atoms with Crippen molar-refractivity contribution in [3.63, 3.8) is 0 Å². The number of pyridine rings is 1. The summed E-state index contributed by atoms with van der Waals surface area (Å²) in [5, 5.41) is 2.56. The topological polar surface area (TPSA) is 22.2 Å². The summed E-state index contributed by atoms with van der Waals surface area (Å²) in [5.74, 6) is 0. The van der Waals surface area contributed by atoms with Crippen LogP contribution in [0.2, 0.25) is 0 Å². The second kappa shape index (κ2) is 11.8. The Balaban J connectivity index is 1.07. The smallest absolute Gasteiger partial charge is 0.242 e. The fraction of sp³-hybridized carbons (Fsp3) is 0. The molecule has 0 saturated heterocycles. The molecule has 3 nitrogen and oxygen atoms in total. The van der Waals surface area contributed by atoms with Crippen molar-refractivity contribution in [3.8, 4) is 50.5 Å². The molecule has 4 heteroatoms. The highest BCUT2D eigenvalue weighted by molar-refractivity contribution is 6.99. The molecular weight excluding hydrogens is 641 g/mol. The second-order valence-corrected chi connectivity index (χ2v) is 14.0. The van der Waals surface area contributed by atoms with Crippen molar-refractivity contribution in [1.29, 1.82) is 0 Å². The van der Waals surface area contributed by atoms with Crippen LogP contribution in [-0.2, 0) is 0 Å². The average molecular weight is 674 g/mol. The van der Waals surface area contributed by atoms with E-state index >= 15 is 0 Å². The van der Waals surface area contributed by atoms with Crippen LogP contribution in [0.5, 0.6) is 0 Å². The van der Waals surface area contributed by atoms with E-state index in [9.17, 15) is 0 Å².